The van der Waals surface area contributed by atoms with Crippen molar-refractivity contribution in [2.75, 3.05) is 0 Å². The summed E-state index contributed by atoms with van der Waals surface area (Å²) in [5.74, 6) is 2.49. The van der Waals surface area contributed by atoms with Gasteiger partial charge in [-0.05, 0) is 25.0 Å². The Morgan fingerprint density at radius 3 is 2.10 bits per heavy atom. The lowest BCUT2D eigenvalue weighted by Crippen LogP contribution is -2.46. The summed E-state index contributed by atoms with van der Waals surface area (Å²) in [5.41, 5.74) is -0.950. The summed E-state index contributed by atoms with van der Waals surface area (Å²) in [6, 6.07) is 2.50. The van der Waals surface area contributed by atoms with Gasteiger partial charge in [0.25, 0.3) is 0 Å². The Morgan fingerprint density at radius 1 is 1.15 bits per heavy atom. The lowest BCUT2D eigenvalue weighted by Gasteiger charge is -2.27. The summed E-state index contributed by atoms with van der Waals surface area (Å²) < 4.78 is 27.3. The van der Waals surface area contributed by atoms with E-state index in [0.717, 1.165) is 0 Å². The van der Waals surface area contributed by atoms with E-state index in [-0.39, 0.29) is 20.0 Å². The Labute approximate surface area is 134 Å². The lowest BCUT2D eigenvalue weighted by atomic mass is 9.96. The second-order valence-corrected chi connectivity index (χ2v) is 7.11. The maximum atomic E-state index is 12.4. The second-order valence-electron chi connectivity index (χ2n) is 4.24. The molecule has 0 heterocycles. The molecule has 0 aliphatic heterocycles. The van der Waals surface area contributed by atoms with Crippen LogP contribution in [0.15, 0.2) is 17.0 Å². The van der Waals surface area contributed by atoms with Crippen molar-refractivity contribution in [1.82, 2.24) is 4.72 Å². The van der Waals surface area contributed by atoms with Gasteiger partial charge in [-0.3, -0.25) is 0 Å². The first-order valence-electron chi connectivity index (χ1n) is 5.87. The molecule has 1 aromatic carbocycles. The number of nitrogens with one attached hydrogen (secondary N) is 1. The highest BCUT2D eigenvalue weighted by atomic mass is 35.5. The topological polar surface area (TPSA) is 46.2 Å². The SMILES string of the molecule is C#CC(CC)(CC)NS(=O)(=O)c1cc(Cl)c(Cl)cc1Cl. The number of hydrogen-bond acceptors (Lipinski definition) is 2. The third-order valence-corrected chi connectivity index (χ3v) is 5.80. The molecule has 0 fully saturated rings. The molecule has 0 aliphatic carbocycles. The van der Waals surface area contributed by atoms with E-state index in [0.29, 0.717) is 12.8 Å². The van der Waals surface area contributed by atoms with Gasteiger partial charge in [0.15, 0.2) is 0 Å². The molecule has 1 rings (SSSR count). The summed E-state index contributed by atoms with van der Waals surface area (Å²) in [4.78, 5) is -0.143. The molecular formula is C13H14Cl3NO2S. The zero-order valence-corrected chi connectivity index (χ0v) is 14.1. The van der Waals surface area contributed by atoms with Crippen molar-refractivity contribution in [3.63, 3.8) is 0 Å². The predicted molar refractivity (Wildman–Crippen MR) is 83.9 cm³/mol. The minimum Gasteiger partial charge on any atom is -0.207 e. The van der Waals surface area contributed by atoms with E-state index in [2.05, 4.69) is 10.6 Å². The summed E-state index contributed by atoms with van der Waals surface area (Å²) in [7, 11) is -3.89. The molecule has 0 unspecified atom stereocenters. The molecule has 0 bridgehead atoms. The molecule has 0 amide bonds. The Morgan fingerprint density at radius 2 is 1.65 bits per heavy atom. The van der Waals surface area contributed by atoms with Gasteiger partial charge >= 0.3 is 0 Å². The molecule has 0 saturated heterocycles. The van der Waals surface area contributed by atoms with Crippen molar-refractivity contribution in [3.8, 4) is 12.3 Å². The molecule has 7 heteroatoms. The van der Waals surface area contributed by atoms with Crippen LogP contribution in [0.25, 0.3) is 0 Å². The zero-order valence-electron chi connectivity index (χ0n) is 11.0. The highest BCUT2D eigenvalue weighted by Gasteiger charge is 2.31. The van der Waals surface area contributed by atoms with Crippen LogP contribution < -0.4 is 4.72 Å². The molecule has 20 heavy (non-hydrogen) atoms. The van der Waals surface area contributed by atoms with Gasteiger partial charge in [0.1, 0.15) is 4.90 Å². The van der Waals surface area contributed by atoms with E-state index in [1.807, 2.05) is 13.8 Å². The van der Waals surface area contributed by atoms with Crippen LogP contribution >= 0.6 is 34.8 Å². The van der Waals surface area contributed by atoms with Gasteiger partial charge in [0.05, 0.1) is 20.6 Å². The van der Waals surface area contributed by atoms with Crippen LogP contribution in [0.3, 0.4) is 0 Å². The van der Waals surface area contributed by atoms with E-state index in [1.54, 1.807) is 0 Å². The van der Waals surface area contributed by atoms with Crippen molar-refractivity contribution < 1.29 is 8.42 Å². The Balaban J connectivity index is 3.32. The predicted octanol–water partition coefficient (Wildman–Crippen LogP) is 4.12. The van der Waals surface area contributed by atoms with Crippen LogP contribution in [0.4, 0.5) is 0 Å². The highest BCUT2D eigenvalue weighted by molar-refractivity contribution is 7.89. The van der Waals surface area contributed by atoms with Gasteiger partial charge in [0.2, 0.25) is 10.0 Å². The van der Waals surface area contributed by atoms with Gasteiger partial charge in [-0.1, -0.05) is 54.6 Å². The molecule has 0 radical (unpaired) electrons. The monoisotopic (exact) mass is 353 g/mol. The standard InChI is InChI=1S/C13H14Cl3NO2S/c1-4-13(5-2,6-3)17-20(18,19)12-8-10(15)9(14)7-11(12)16/h1,7-8,17H,5-6H2,2-3H3. The average molecular weight is 355 g/mol. The summed E-state index contributed by atoms with van der Waals surface area (Å²) >= 11 is 17.6. The first-order chi connectivity index (χ1) is 9.21. The van der Waals surface area contributed by atoms with Gasteiger partial charge < -0.3 is 0 Å². The maximum absolute atomic E-state index is 12.4. The molecule has 1 N–H and O–H groups in total. The van der Waals surface area contributed by atoms with E-state index in [1.165, 1.54) is 12.1 Å². The van der Waals surface area contributed by atoms with Crippen LogP contribution in [0, 0.1) is 12.3 Å². The van der Waals surface area contributed by atoms with Crippen LogP contribution in [-0.2, 0) is 10.0 Å². The molecular weight excluding hydrogens is 341 g/mol. The number of terminal acetylenes is 1. The van der Waals surface area contributed by atoms with E-state index < -0.39 is 15.6 Å². The average Bonchev–Trinajstić information content (AvgIpc) is 2.40. The molecule has 1 aromatic rings. The normalized spacial score (nSPS) is 12.2. The lowest BCUT2D eigenvalue weighted by molar-refractivity contribution is 0.451. The van der Waals surface area contributed by atoms with Gasteiger partial charge in [0, 0.05) is 0 Å². The number of benzene rings is 1. The van der Waals surface area contributed by atoms with Crippen molar-refractivity contribution in [2.45, 2.75) is 37.1 Å². The largest absolute Gasteiger partial charge is 0.243 e. The molecule has 0 spiro atoms. The highest BCUT2D eigenvalue weighted by Crippen LogP contribution is 2.32. The fourth-order valence-corrected chi connectivity index (χ4v) is 4.13. The minimum absolute atomic E-state index is 0.00923. The summed E-state index contributed by atoms with van der Waals surface area (Å²) in [5, 5.41) is 0.283. The molecule has 110 valence electrons. The van der Waals surface area contributed by atoms with Crippen molar-refractivity contribution in [3.05, 3.63) is 27.2 Å². The third-order valence-electron chi connectivity index (χ3n) is 3.08. The van der Waals surface area contributed by atoms with Crippen LogP contribution in [-0.4, -0.2) is 14.0 Å². The van der Waals surface area contributed by atoms with Crippen LogP contribution in [0.5, 0.6) is 0 Å². The Kier molecular flexibility index (Phi) is 5.77. The van der Waals surface area contributed by atoms with E-state index in [4.69, 9.17) is 41.2 Å². The maximum Gasteiger partial charge on any atom is 0.243 e. The summed E-state index contributed by atoms with van der Waals surface area (Å²) in [6.07, 6.45) is 6.36. The van der Waals surface area contributed by atoms with Crippen molar-refractivity contribution in [2.24, 2.45) is 0 Å². The van der Waals surface area contributed by atoms with E-state index >= 15 is 0 Å². The minimum atomic E-state index is -3.89. The van der Waals surface area contributed by atoms with Crippen LogP contribution in [0.1, 0.15) is 26.7 Å². The first kappa shape index (κ1) is 17.6. The second kappa shape index (κ2) is 6.55. The summed E-state index contributed by atoms with van der Waals surface area (Å²) in [6.45, 7) is 3.62. The number of sulfonamides is 1. The van der Waals surface area contributed by atoms with Gasteiger partial charge in [-0.25, -0.2) is 8.42 Å². The third kappa shape index (κ3) is 3.60. The number of rotatable bonds is 5. The fourth-order valence-electron chi connectivity index (χ4n) is 1.65. The molecule has 0 atom stereocenters. The van der Waals surface area contributed by atoms with E-state index in [9.17, 15) is 8.42 Å². The number of hydrogen-bond donors (Lipinski definition) is 1. The van der Waals surface area contributed by atoms with Crippen molar-refractivity contribution in [1.29, 1.82) is 0 Å². The smallest absolute Gasteiger partial charge is 0.207 e. The molecule has 3 nitrogen and oxygen atoms in total. The zero-order chi connectivity index (χ0) is 15.6. The van der Waals surface area contributed by atoms with Crippen molar-refractivity contribution >= 4 is 44.8 Å². The Bertz CT molecular complexity index is 646. The quantitative estimate of drug-likeness (QED) is 0.638. The van der Waals surface area contributed by atoms with Gasteiger partial charge in [-0.15, -0.1) is 6.42 Å². The molecule has 0 saturated carbocycles. The van der Waals surface area contributed by atoms with Gasteiger partial charge in [-0.2, -0.15) is 4.72 Å². The fraction of sp³-hybridized carbons (Fsp3) is 0.385. The molecule has 0 aliphatic rings. The number of halogens is 3. The molecule has 0 aromatic heterocycles. The Hall–Kier alpha value is -0.440. The first-order valence-corrected chi connectivity index (χ1v) is 8.49. The van der Waals surface area contributed by atoms with Crippen LogP contribution in [0.2, 0.25) is 15.1 Å².